The predicted octanol–water partition coefficient (Wildman–Crippen LogP) is 3.24. The Morgan fingerprint density at radius 3 is 2.38 bits per heavy atom. The van der Waals surface area contributed by atoms with Gasteiger partial charge in [0.2, 0.25) is 0 Å². The monoisotopic (exact) mass is 284 g/mol. The molecule has 4 heteroatoms. The maximum Gasteiger partial charge on any atom is 0.254 e. The highest BCUT2D eigenvalue weighted by Gasteiger charge is 2.17. The summed E-state index contributed by atoms with van der Waals surface area (Å²) in [6.07, 6.45) is 3.39. The molecular formula is C17H20N2O2. The molecule has 0 saturated carbocycles. The van der Waals surface area contributed by atoms with E-state index >= 15 is 0 Å². The number of methoxy groups -OCH3 is 1. The lowest BCUT2D eigenvalue weighted by atomic mass is 10.0. The van der Waals surface area contributed by atoms with Gasteiger partial charge in [-0.2, -0.15) is 0 Å². The van der Waals surface area contributed by atoms with Crippen molar-refractivity contribution >= 4 is 5.91 Å². The molecular weight excluding hydrogens is 264 g/mol. The topological polar surface area (TPSA) is 42.4 Å². The highest BCUT2D eigenvalue weighted by Crippen LogP contribution is 2.25. The number of hydrogen-bond donors (Lipinski definition) is 0. The molecule has 0 saturated heterocycles. The number of pyridine rings is 1. The summed E-state index contributed by atoms with van der Waals surface area (Å²) >= 11 is 0. The lowest BCUT2D eigenvalue weighted by molar-refractivity contribution is 0.0773. The van der Waals surface area contributed by atoms with Crippen LogP contribution in [0.15, 0.2) is 42.7 Å². The van der Waals surface area contributed by atoms with Crippen molar-refractivity contribution in [1.29, 1.82) is 0 Å². The molecule has 4 nitrogen and oxygen atoms in total. The van der Waals surface area contributed by atoms with Crippen molar-refractivity contribution in [1.82, 2.24) is 9.88 Å². The van der Waals surface area contributed by atoms with Crippen molar-refractivity contribution in [2.24, 2.45) is 0 Å². The molecule has 0 aliphatic heterocycles. The summed E-state index contributed by atoms with van der Waals surface area (Å²) in [7, 11) is 1.63. The van der Waals surface area contributed by atoms with E-state index in [-0.39, 0.29) is 5.91 Å². The third-order valence-electron chi connectivity index (χ3n) is 3.50. The molecule has 0 aliphatic carbocycles. The van der Waals surface area contributed by atoms with Gasteiger partial charge in [-0.1, -0.05) is 12.1 Å². The quantitative estimate of drug-likeness (QED) is 0.846. The smallest absolute Gasteiger partial charge is 0.254 e. The van der Waals surface area contributed by atoms with Crippen LogP contribution < -0.4 is 4.74 Å². The minimum Gasteiger partial charge on any atom is -0.497 e. The highest BCUT2D eigenvalue weighted by molar-refractivity contribution is 6.00. The molecule has 0 atom stereocenters. The van der Waals surface area contributed by atoms with E-state index in [1.807, 2.05) is 43.0 Å². The maximum atomic E-state index is 12.6. The van der Waals surface area contributed by atoms with Crippen molar-refractivity contribution in [2.45, 2.75) is 13.8 Å². The van der Waals surface area contributed by atoms with Gasteiger partial charge in [0.15, 0.2) is 0 Å². The largest absolute Gasteiger partial charge is 0.497 e. The fourth-order valence-corrected chi connectivity index (χ4v) is 2.26. The molecule has 2 aromatic rings. The van der Waals surface area contributed by atoms with Crippen LogP contribution in [0.2, 0.25) is 0 Å². The Hall–Kier alpha value is -2.36. The van der Waals surface area contributed by atoms with Crippen LogP contribution in [0.1, 0.15) is 24.2 Å². The molecule has 1 heterocycles. The fourth-order valence-electron chi connectivity index (χ4n) is 2.26. The molecule has 0 N–H and O–H groups in total. The van der Waals surface area contributed by atoms with Crippen molar-refractivity contribution in [3.8, 4) is 16.9 Å². The van der Waals surface area contributed by atoms with Gasteiger partial charge in [-0.05, 0) is 37.6 Å². The Bertz CT molecular complexity index is 604. The standard InChI is InChI=1S/C17H20N2O2/c1-4-19(5-2)17(20)15-10-11-18-12-16(15)13-6-8-14(21-3)9-7-13/h6-12H,4-5H2,1-3H3. The normalized spacial score (nSPS) is 10.2. The van der Waals surface area contributed by atoms with Gasteiger partial charge < -0.3 is 9.64 Å². The predicted molar refractivity (Wildman–Crippen MR) is 83.5 cm³/mol. The van der Waals surface area contributed by atoms with Crippen molar-refractivity contribution in [3.63, 3.8) is 0 Å². The first-order valence-corrected chi connectivity index (χ1v) is 7.09. The van der Waals surface area contributed by atoms with E-state index in [4.69, 9.17) is 4.74 Å². The summed E-state index contributed by atoms with van der Waals surface area (Å²) < 4.78 is 5.16. The molecule has 2 rings (SSSR count). The highest BCUT2D eigenvalue weighted by atomic mass is 16.5. The van der Waals surface area contributed by atoms with Crippen LogP contribution in [0.3, 0.4) is 0 Å². The summed E-state index contributed by atoms with van der Waals surface area (Å²) in [6, 6.07) is 9.42. The first kappa shape index (κ1) is 15.0. The average molecular weight is 284 g/mol. The summed E-state index contributed by atoms with van der Waals surface area (Å²) in [5.41, 5.74) is 2.48. The Labute approximate surface area is 125 Å². The van der Waals surface area contributed by atoms with Crippen molar-refractivity contribution in [2.75, 3.05) is 20.2 Å². The maximum absolute atomic E-state index is 12.6. The molecule has 21 heavy (non-hydrogen) atoms. The number of nitrogens with zero attached hydrogens (tertiary/aromatic N) is 2. The zero-order valence-corrected chi connectivity index (χ0v) is 12.7. The van der Waals surface area contributed by atoms with E-state index in [0.717, 1.165) is 16.9 Å². The number of benzene rings is 1. The van der Waals surface area contributed by atoms with Gasteiger partial charge in [0.25, 0.3) is 5.91 Å². The molecule has 0 radical (unpaired) electrons. The third kappa shape index (κ3) is 3.21. The summed E-state index contributed by atoms with van der Waals surface area (Å²) in [5.74, 6) is 0.826. The first-order chi connectivity index (χ1) is 10.2. The second-order valence-electron chi connectivity index (χ2n) is 4.63. The van der Waals surface area contributed by atoms with E-state index in [1.54, 1.807) is 25.6 Å². The summed E-state index contributed by atoms with van der Waals surface area (Å²) in [4.78, 5) is 18.6. The Morgan fingerprint density at radius 2 is 1.81 bits per heavy atom. The average Bonchev–Trinajstić information content (AvgIpc) is 2.56. The van der Waals surface area contributed by atoms with Gasteiger partial charge in [-0.25, -0.2) is 0 Å². The zero-order valence-electron chi connectivity index (χ0n) is 12.7. The second-order valence-corrected chi connectivity index (χ2v) is 4.63. The lowest BCUT2D eigenvalue weighted by Crippen LogP contribution is -2.30. The van der Waals surface area contributed by atoms with Gasteiger partial charge in [-0.15, -0.1) is 0 Å². The van der Waals surface area contributed by atoms with Gasteiger partial charge >= 0.3 is 0 Å². The zero-order chi connectivity index (χ0) is 15.2. The summed E-state index contributed by atoms with van der Waals surface area (Å²) in [5, 5.41) is 0. The summed E-state index contributed by atoms with van der Waals surface area (Å²) in [6.45, 7) is 5.35. The van der Waals surface area contributed by atoms with Crippen LogP contribution in [0.25, 0.3) is 11.1 Å². The molecule has 0 fully saturated rings. The number of carbonyl (C=O) groups is 1. The van der Waals surface area contributed by atoms with Gasteiger partial charge in [0.05, 0.1) is 12.7 Å². The number of amides is 1. The van der Waals surface area contributed by atoms with Crippen molar-refractivity contribution in [3.05, 3.63) is 48.3 Å². The van der Waals surface area contributed by atoms with E-state index in [1.165, 1.54) is 0 Å². The number of hydrogen-bond acceptors (Lipinski definition) is 3. The molecule has 0 spiro atoms. The second kappa shape index (κ2) is 6.88. The van der Waals surface area contributed by atoms with Crippen LogP contribution >= 0.6 is 0 Å². The Morgan fingerprint density at radius 1 is 1.14 bits per heavy atom. The van der Waals surface area contributed by atoms with E-state index in [2.05, 4.69) is 4.98 Å². The van der Waals surface area contributed by atoms with E-state index < -0.39 is 0 Å². The third-order valence-corrected chi connectivity index (χ3v) is 3.50. The minimum absolute atomic E-state index is 0.0354. The van der Waals surface area contributed by atoms with Gasteiger partial charge in [-0.3, -0.25) is 9.78 Å². The van der Waals surface area contributed by atoms with Gasteiger partial charge in [0.1, 0.15) is 5.75 Å². The van der Waals surface area contributed by atoms with Crippen LogP contribution in [-0.4, -0.2) is 36.0 Å². The Balaban J connectivity index is 2.42. The van der Waals surface area contributed by atoms with Gasteiger partial charge in [0, 0.05) is 31.0 Å². The first-order valence-electron chi connectivity index (χ1n) is 7.09. The number of aromatic nitrogens is 1. The lowest BCUT2D eigenvalue weighted by Gasteiger charge is -2.20. The van der Waals surface area contributed by atoms with Crippen LogP contribution in [0.4, 0.5) is 0 Å². The molecule has 110 valence electrons. The molecule has 1 amide bonds. The fraction of sp³-hybridized carbons (Fsp3) is 0.294. The number of rotatable bonds is 5. The van der Waals surface area contributed by atoms with E-state index in [9.17, 15) is 4.79 Å². The molecule has 0 aliphatic rings. The van der Waals surface area contributed by atoms with Crippen LogP contribution in [-0.2, 0) is 0 Å². The number of ether oxygens (including phenoxy) is 1. The van der Waals surface area contributed by atoms with Crippen molar-refractivity contribution < 1.29 is 9.53 Å². The Kier molecular flexibility index (Phi) is 4.93. The van der Waals surface area contributed by atoms with Crippen LogP contribution in [0.5, 0.6) is 5.75 Å². The minimum atomic E-state index is 0.0354. The van der Waals surface area contributed by atoms with E-state index in [0.29, 0.717) is 18.7 Å². The molecule has 0 unspecified atom stereocenters. The van der Waals surface area contributed by atoms with Crippen LogP contribution in [0, 0.1) is 0 Å². The molecule has 1 aromatic carbocycles. The SMILES string of the molecule is CCN(CC)C(=O)c1ccncc1-c1ccc(OC)cc1. The molecule has 0 bridgehead atoms. The molecule has 1 aromatic heterocycles. The number of carbonyl (C=O) groups excluding carboxylic acids is 1.